The Kier molecular flexibility index (Phi) is 3.08. The number of methoxy groups -OCH3 is 2. The van der Waals surface area contributed by atoms with Crippen LogP contribution in [0, 0.1) is 0 Å². The minimum atomic E-state index is -1.26. The second-order valence-corrected chi connectivity index (χ2v) is 2.54. The van der Waals surface area contributed by atoms with Crippen LogP contribution in [0.25, 0.3) is 0 Å². The van der Waals surface area contributed by atoms with Gasteiger partial charge in [0.2, 0.25) is 5.69 Å². The van der Waals surface area contributed by atoms with Crippen LogP contribution in [0.5, 0.6) is 11.8 Å². The van der Waals surface area contributed by atoms with Crippen molar-refractivity contribution in [2.75, 3.05) is 14.2 Å². The molecule has 0 bridgehead atoms. The third-order valence-corrected chi connectivity index (χ3v) is 1.63. The summed E-state index contributed by atoms with van der Waals surface area (Å²) in [4.78, 5) is 17.9. The lowest BCUT2D eigenvalue weighted by molar-refractivity contribution is 0.0685. The van der Waals surface area contributed by atoms with E-state index in [0.717, 1.165) is 0 Å². The van der Waals surface area contributed by atoms with Gasteiger partial charge in [0.15, 0.2) is 5.15 Å². The molecule has 14 heavy (non-hydrogen) atoms. The van der Waals surface area contributed by atoms with E-state index < -0.39 is 5.97 Å². The lowest BCUT2D eigenvalue weighted by atomic mass is 10.4. The van der Waals surface area contributed by atoms with E-state index in [4.69, 9.17) is 26.2 Å². The number of carbonyl (C=O) groups is 1. The normalized spacial score (nSPS) is 9.64. The standard InChI is InChI=1S/C7H7ClN2O4/c1-13-5-3(7(11)12)9-4(8)6(10-5)14-2/h1-2H3,(H,11,12). The highest BCUT2D eigenvalue weighted by Gasteiger charge is 2.18. The summed E-state index contributed by atoms with van der Waals surface area (Å²) in [5.41, 5.74) is -0.349. The molecule has 0 aliphatic heterocycles. The molecule has 76 valence electrons. The second-order valence-electron chi connectivity index (χ2n) is 2.19. The number of aromatic nitrogens is 2. The molecule has 0 fully saturated rings. The van der Waals surface area contributed by atoms with Crippen LogP contribution in [-0.4, -0.2) is 35.3 Å². The first-order valence-electron chi connectivity index (χ1n) is 3.49. The Morgan fingerprint density at radius 3 is 2.29 bits per heavy atom. The fourth-order valence-electron chi connectivity index (χ4n) is 0.797. The van der Waals surface area contributed by atoms with Crippen molar-refractivity contribution in [2.45, 2.75) is 0 Å². The van der Waals surface area contributed by atoms with Gasteiger partial charge in [0, 0.05) is 0 Å². The molecule has 0 saturated heterocycles. The predicted molar refractivity (Wildman–Crippen MR) is 47.1 cm³/mol. The molecule has 6 nitrogen and oxygen atoms in total. The molecule has 7 heteroatoms. The average Bonchev–Trinajstić information content (AvgIpc) is 2.17. The maximum absolute atomic E-state index is 10.7. The highest BCUT2D eigenvalue weighted by molar-refractivity contribution is 6.30. The first-order chi connectivity index (χ1) is 6.60. The lowest BCUT2D eigenvalue weighted by Crippen LogP contribution is -2.07. The zero-order valence-corrected chi connectivity index (χ0v) is 8.20. The van der Waals surface area contributed by atoms with Crippen molar-refractivity contribution in [2.24, 2.45) is 0 Å². The van der Waals surface area contributed by atoms with E-state index in [1.807, 2.05) is 0 Å². The maximum atomic E-state index is 10.7. The number of hydrogen-bond acceptors (Lipinski definition) is 5. The van der Waals surface area contributed by atoms with Crippen molar-refractivity contribution >= 4 is 17.6 Å². The van der Waals surface area contributed by atoms with Crippen molar-refractivity contribution in [1.82, 2.24) is 9.97 Å². The third-order valence-electron chi connectivity index (χ3n) is 1.38. The van der Waals surface area contributed by atoms with Crippen LogP contribution in [0.1, 0.15) is 10.5 Å². The van der Waals surface area contributed by atoms with Crippen molar-refractivity contribution in [3.05, 3.63) is 10.8 Å². The Hall–Kier alpha value is -1.56. The number of ether oxygens (including phenoxy) is 2. The van der Waals surface area contributed by atoms with Crippen LogP contribution in [-0.2, 0) is 0 Å². The second kappa shape index (κ2) is 4.10. The predicted octanol–water partition coefficient (Wildman–Crippen LogP) is 0.845. The number of hydrogen-bond donors (Lipinski definition) is 1. The van der Waals surface area contributed by atoms with Gasteiger partial charge in [-0.05, 0) is 0 Å². The summed E-state index contributed by atoms with van der Waals surface area (Å²) in [6.45, 7) is 0. The maximum Gasteiger partial charge on any atom is 0.360 e. The summed E-state index contributed by atoms with van der Waals surface area (Å²) in [7, 11) is 2.62. The summed E-state index contributed by atoms with van der Waals surface area (Å²) < 4.78 is 9.45. The molecule has 0 unspecified atom stereocenters. The molecule has 0 aliphatic rings. The molecule has 1 heterocycles. The summed E-state index contributed by atoms with van der Waals surface area (Å²) in [5.74, 6) is -1.38. The molecule has 0 radical (unpaired) electrons. The smallest absolute Gasteiger partial charge is 0.360 e. The molecule has 1 N–H and O–H groups in total. The Morgan fingerprint density at radius 1 is 1.29 bits per heavy atom. The molecule has 0 amide bonds. The number of carboxylic acid groups (broad SMARTS) is 1. The van der Waals surface area contributed by atoms with Crippen LogP contribution in [0.4, 0.5) is 0 Å². The van der Waals surface area contributed by atoms with Crippen molar-refractivity contribution in [3.8, 4) is 11.8 Å². The monoisotopic (exact) mass is 218 g/mol. The largest absolute Gasteiger partial charge is 0.479 e. The van der Waals surface area contributed by atoms with Crippen LogP contribution >= 0.6 is 11.6 Å². The Morgan fingerprint density at radius 2 is 1.86 bits per heavy atom. The topological polar surface area (TPSA) is 81.5 Å². The molecule has 0 atom stereocenters. The third kappa shape index (κ3) is 1.85. The fraction of sp³-hybridized carbons (Fsp3) is 0.286. The number of aromatic carboxylic acids is 1. The first-order valence-corrected chi connectivity index (χ1v) is 3.86. The van der Waals surface area contributed by atoms with Crippen molar-refractivity contribution < 1.29 is 19.4 Å². The highest BCUT2D eigenvalue weighted by Crippen LogP contribution is 2.24. The Balaban J connectivity index is 3.31. The summed E-state index contributed by atoms with van der Waals surface area (Å²) in [5, 5.41) is 8.58. The number of rotatable bonds is 3. The van der Waals surface area contributed by atoms with E-state index in [0.29, 0.717) is 0 Å². The van der Waals surface area contributed by atoms with Crippen LogP contribution in [0.2, 0.25) is 5.15 Å². The van der Waals surface area contributed by atoms with E-state index in [1.165, 1.54) is 14.2 Å². The van der Waals surface area contributed by atoms with Gasteiger partial charge in [-0.15, -0.1) is 0 Å². The van der Waals surface area contributed by atoms with Gasteiger partial charge in [-0.3, -0.25) is 0 Å². The van der Waals surface area contributed by atoms with E-state index in [9.17, 15) is 4.79 Å². The average molecular weight is 219 g/mol. The number of nitrogens with zero attached hydrogens (tertiary/aromatic N) is 2. The summed E-state index contributed by atoms with van der Waals surface area (Å²) in [6.07, 6.45) is 0. The number of carboxylic acids is 1. The molecule has 1 aromatic heterocycles. The molecule has 0 spiro atoms. The van der Waals surface area contributed by atoms with Gasteiger partial charge in [-0.1, -0.05) is 11.6 Å². The van der Waals surface area contributed by atoms with E-state index >= 15 is 0 Å². The van der Waals surface area contributed by atoms with Gasteiger partial charge >= 0.3 is 5.97 Å². The molecular weight excluding hydrogens is 212 g/mol. The highest BCUT2D eigenvalue weighted by atomic mass is 35.5. The molecule has 0 aromatic carbocycles. The van der Waals surface area contributed by atoms with Crippen molar-refractivity contribution in [3.63, 3.8) is 0 Å². The first kappa shape index (κ1) is 10.5. The zero-order valence-electron chi connectivity index (χ0n) is 7.44. The van der Waals surface area contributed by atoms with Crippen LogP contribution < -0.4 is 9.47 Å². The quantitative estimate of drug-likeness (QED) is 0.810. The van der Waals surface area contributed by atoms with E-state index in [-0.39, 0.29) is 22.6 Å². The fourth-order valence-corrected chi connectivity index (χ4v) is 1.00. The van der Waals surface area contributed by atoms with Crippen LogP contribution in [0.15, 0.2) is 0 Å². The lowest BCUT2D eigenvalue weighted by Gasteiger charge is -2.06. The molecule has 1 aromatic rings. The minimum Gasteiger partial charge on any atom is -0.479 e. The summed E-state index contributed by atoms with van der Waals surface area (Å²) >= 11 is 5.59. The van der Waals surface area contributed by atoms with Gasteiger partial charge in [-0.2, -0.15) is 4.98 Å². The number of halogens is 1. The van der Waals surface area contributed by atoms with Gasteiger partial charge in [0.05, 0.1) is 14.2 Å². The van der Waals surface area contributed by atoms with Gasteiger partial charge < -0.3 is 14.6 Å². The van der Waals surface area contributed by atoms with Crippen LogP contribution in [0.3, 0.4) is 0 Å². The molecule has 0 saturated carbocycles. The minimum absolute atomic E-state index is 0.0218. The molecular formula is C7H7ClN2O4. The Bertz CT molecular complexity index is 369. The Labute approximate surface area is 84.5 Å². The SMILES string of the molecule is COc1nc(OC)c(C(=O)O)nc1Cl. The van der Waals surface area contributed by atoms with E-state index in [2.05, 4.69) is 9.97 Å². The molecule has 1 rings (SSSR count). The molecule has 0 aliphatic carbocycles. The van der Waals surface area contributed by atoms with Gasteiger partial charge in [0.1, 0.15) is 0 Å². The van der Waals surface area contributed by atoms with Gasteiger partial charge in [0.25, 0.3) is 11.8 Å². The van der Waals surface area contributed by atoms with E-state index in [1.54, 1.807) is 0 Å². The summed E-state index contributed by atoms with van der Waals surface area (Å²) in [6, 6.07) is 0. The van der Waals surface area contributed by atoms with Crippen molar-refractivity contribution in [1.29, 1.82) is 0 Å². The van der Waals surface area contributed by atoms with Gasteiger partial charge in [-0.25, -0.2) is 9.78 Å². The zero-order chi connectivity index (χ0) is 10.7.